The van der Waals surface area contributed by atoms with E-state index in [1.165, 1.54) is 22.5 Å². The van der Waals surface area contributed by atoms with Crippen LogP contribution in [0.15, 0.2) is 41.3 Å². The van der Waals surface area contributed by atoms with E-state index >= 15 is 0 Å². The van der Waals surface area contributed by atoms with E-state index in [2.05, 4.69) is 0 Å². The molecule has 3 rings (SSSR count). The number of para-hydroxylation sites is 1. The molecule has 24 heavy (non-hydrogen) atoms. The Morgan fingerprint density at radius 3 is 2.29 bits per heavy atom. The zero-order valence-electron chi connectivity index (χ0n) is 12.6. The molecule has 1 fully saturated rings. The number of halogens is 2. The summed E-state index contributed by atoms with van der Waals surface area (Å²) in [5.74, 6) is 0.135. The molecular formula is C16H15Cl2NO4S. The Bertz CT molecular complexity index is 844. The van der Waals surface area contributed by atoms with E-state index in [-0.39, 0.29) is 22.1 Å². The summed E-state index contributed by atoms with van der Waals surface area (Å²) in [5.41, 5.74) is 0. The maximum absolute atomic E-state index is 12.7. The molecule has 0 aliphatic carbocycles. The van der Waals surface area contributed by atoms with Gasteiger partial charge in [0.1, 0.15) is 16.4 Å². The zero-order chi connectivity index (χ0) is 17.3. The summed E-state index contributed by atoms with van der Waals surface area (Å²) < 4.78 is 32.3. The Balaban J connectivity index is 1.98. The molecule has 2 aromatic carbocycles. The van der Waals surface area contributed by atoms with Crippen molar-refractivity contribution in [2.75, 3.05) is 13.1 Å². The highest BCUT2D eigenvalue weighted by atomic mass is 35.5. The van der Waals surface area contributed by atoms with Crippen LogP contribution >= 0.6 is 23.2 Å². The van der Waals surface area contributed by atoms with Crippen LogP contribution in [0.4, 0.5) is 0 Å². The van der Waals surface area contributed by atoms with Gasteiger partial charge in [-0.05, 0) is 37.1 Å². The van der Waals surface area contributed by atoms with Crippen molar-refractivity contribution in [2.45, 2.75) is 17.7 Å². The molecule has 8 heteroatoms. The average molecular weight is 388 g/mol. The van der Waals surface area contributed by atoms with Crippen molar-refractivity contribution in [1.82, 2.24) is 4.31 Å². The molecule has 0 amide bonds. The van der Waals surface area contributed by atoms with Gasteiger partial charge >= 0.3 is 0 Å². The van der Waals surface area contributed by atoms with Gasteiger partial charge < -0.3 is 9.84 Å². The number of sulfonamides is 1. The molecule has 1 heterocycles. The van der Waals surface area contributed by atoms with E-state index < -0.39 is 10.0 Å². The average Bonchev–Trinajstić information content (AvgIpc) is 3.07. The second-order valence-electron chi connectivity index (χ2n) is 5.39. The number of phenols is 1. The van der Waals surface area contributed by atoms with Crippen molar-refractivity contribution < 1.29 is 18.3 Å². The van der Waals surface area contributed by atoms with Crippen molar-refractivity contribution in [1.29, 1.82) is 0 Å². The van der Waals surface area contributed by atoms with E-state index in [0.717, 1.165) is 12.8 Å². The lowest BCUT2D eigenvalue weighted by molar-refractivity contribution is 0.436. The van der Waals surface area contributed by atoms with E-state index in [0.29, 0.717) is 23.1 Å². The maximum atomic E-state index is 12.7. The van der Waals surface area contributed by atoms with E-state index in [1.807, 2.05) is 0 Å². The van der Waals surface area contributed by atoms with Gasteiger partial charge in [0, 0.05) is 19.2 Å². The van der Waals surface area contributed by atoms with Crippen LogP contribution in [0.1, 0.15) is 12.8 Å². The lowest BCUT2D eigenvalue weighted by Gasteiger charge is -2.17. The third-order valence-electron chi connectivity index (χ3n) is 3.75. The first kappa shape index (κ1) is 17.4. The molecule has 2 aromatic rings. The number of hydrogen-bond donors (Lipinski definition) is 1. The van der Waals surface area contributed by atoms with E-state index in [9.17, 15) is 13.5 Å². The first-order valence-corrected chi connectivity index (χ1v) is 9.54. The number of ether oxygens (including phenoxy) is 1. The van der Waals surface area contributed by atoms with E-state index in [4.69, 9.17) is 27.9 Å². The highest BCUT2D eigenvalue weighted by Crippen LogP contribution is 2.38. The fourth-order valence-corrected chi connectivity index (χ4v) is 4.62. The zero-order valence-corrected chi connectivity index (χ0v) is 14.9. The van der Waals surface area contributed by atoms with Crippen molar-refractivity contribution >= 4 is 33.2 Å². The summed E-state index contributed by atoms with van der Waals surface area (Å²) in [5, 5.41) is 10.6. The number of aromatic hydroxyl groups is 1. The van der Waals surface area contributed by atoms with Gasteiger partial charge in [0.2, 0.25) is 10.0 Å². The van der Waals surface area contributed by atoms with Gasteiger partial charge in [0.15, 0.2) is 5.75 Å². The molecule has 5 nitrogen and oxygen atoms in total. The molecule has 0 spiro atoms. The van der Waals surface area contributed by atoms with Gasteiger partial charge in [-0.15, -0.1) is 0 Å². The van der Waals surface area contributed by atoms with Crippen LogP contribution in [0.5, 0.6) is 17.2 Å². The Morgan fingerprint density at radius 2 is 1.67 bits per heavy atom. The van der Waals surface area contributed by atoms with Crippen molar-refractivity contribution in [3.63, 3.8) is 0 Å². The second-order valence-corrected chi connectivity index (χ2v) is 8.11. The third kappa shape index (κ3) is 3.32. The Kier molecular flexibility index (Phi) is 4.92. The van der Waals surface area contributed by atoms with Gasteiger partial charge in [-0.3, -0.25) is 0 Å². The summed E-state index contributed by atoms with van der Waals surface area (Å²) in [6.07, 6.45) is 1.62. The molecular weight excluding hydrogens is 373 g/mol. The smallest absolute Gasteiger partial charge is 0.246 e. The van der Waals surface area contributed by atoms with Crippen molar-refractivity contribution in [2.24, 2.45) is 0 Å². The topological polar surface area (TPSA) is 66.8 Å². The van der Waals surface area contributed by atoms with Crippen molar-refractivity contribution in [3.8, 4) is 17.2 Å². The summed E-state index contributed by atoms with van der Waals surface area (Å²) in [6, 6.07) is 8.93. The van der Waals surface area contributed by atoms with Gasteiger partial charge in [0.25, 0.3) is 0 Å². The molecule has 128 valence electrons. The fraction of sp³-hybridized carbons (Fsp3) is 0.250. The van der Waals surface area contributed by atoms with Crippen LogP contribution in [0.2, 0.25) is 10.0 Å². The Morgan fingerprint density at radius 1 is 1.04 bits per heavy atom. The normalized spacial score (nSPS) is 15.6. The van der Waals surface area contributed by atoms with Gasteiger partial charge in [-0.2, -0.15) is 4.31 Å². The third-order valence-corrected chi connectivity index (χ3v) is 6.28. The molecule has 0 radical (unpaired) electrons. The van der Waals surface area contributed by atoms with E-state index in [1.54, 1.807) is 18.2 Å². The Labute approximate surface area is 150 Å². The SMILES string of the molecule is O=S(=O)(c1cc(Oc2c(Cl)cccc2Cl)ccc1O)N1CCCC1. The van der Waals surface area contributed by atoms with Crippen LogP contribution in [-0.2, 0) is 10.0 Å². The summed E-state index contributed by atoms with van der Waals surface area (Å²) in [4.78, 5) is -0.190. The quantitative estimate of drug-likeness (QED) is 0.849. The highest BCUT2D eigenvalue weighted by molar-refractivity contribution is 7.89. The van der Waals surface area contributed by atoms with Crippen LogP contribution < -0.4 is 4.74 Å². The summed E-state index contributed by atoms with van der Waals surface area (Å²) in [6.45, 7) is 0.895. The van der Waals surface area contributed by atoms with Gasteiger partial charge in [-0.1, -0.05) is 29.3 Å². The molecule has 1 aliphatic rings. The fourth-order valence-electron chi connectivity index (χ4n) is 2.53. The molecule has 0 unspecified atom stereocenters. The highest BCUT2D eigenvalue weighted by Gasteiger charge is 2.30. The predicted molar refractivity (Wildman–Crippen MR) is 92.6 cm³/mol. The van der Waals surface area contributed by atoms with Gasteiger partial charge in [-0.25, -0.2) is 8.42 Å². The maximum Gasteiger partial charge on any atom is 0.246 e. The Hall–Kier alpha value is -1.47. The monoisotopic (exact) mass is 387 g/mol. The lowest BCUT2D eigenvalue weighted by atomic mass is 10.3. The van der Waals surface area contributed by atoms with Crippen molar-refractivity contribution in [3.05, 3.63) is 46.4 Å². The molecule has 1 saturated heterocycles. The lowest BCUT2D eigenvalue weighted by Crippen LogP contribution is -2.27. The van der Waals surface area contributed by atoms with Crippen LogP contribution in [0.3, 0.4) is 0 Å². The van der Waals surface area contributed by atoms with Gasteiger partial charge in [0.05, 0.1) is 10.0 Å². The van der Waals surface area contributed by atoms with Crippen LogP contribution in [0.25, 0.3) is 0 Å². The molecule has 0 saturated carbocycles. The number of hydrogen-bond acceptors (Lipinski definition) is 4. The second kappa shape index (κ2) is 6.80. The minimum Gasteiger partial charge on any atom is -0.507 e. The largest absolute Gasteiger partial charge is 0.507 e. The minimum absolute atomic E-state index is 0.190. The first-order chi connectivity index (χ1) is 11.4. The molecule has 1 N–H and O–H groups in total. The predicted octanol–water partition coefficient (Wildman–Crippen LogP) is 4.28. The van der Waals surface area contributed by atoms with Crippen LogP contribution in [-0.4, -0.2) is 30.9 Å². The summed E-state index contributed by atoms with van der Waals surface area (Å²) >= 11 is 12.1. The number of phenolic OH excluding ortho intramolecular Hbond substituents is 1. The molecule has 0 bridgehead atoms. The van der Waals surface area contributed by atoms with Crippen LogP contribution in [0, 0.1) is 0 Å². The number of rotatable bonds is 4. The number of nitrogens with zero attached hydrogens (tertiary/aromatic N) is 1. The summed E-state index contributed by atoms with van der Waals surface area (Å²) in [7, 11) is -3.77. The first-order valence-electron chi connectivity index (χ1n) is 7.34. The molecule has 1 aliphatic heterocycles. The molecule has 0 aromatic heterocycles. The molecule has 0 atom stereocenters. The number of benzene rings is 2. The minimum atomic E-state index is -3.77. The standard InChI is InChI=1S/C16H15Cl2NO4S/c17-12-4-3-5-13(18)16(12)23-11-6-7-14(20)15(10-11)24(21,22)19-8-1-2-9-19/h3-7,10,20H,1-2,8-9H2.